The molecule has 160 valence electrons. The molecule has 0 saturated carbocycles. The second-order valence-corrected chi connectivity index (χ2v) is 8.27. The molecule has 0 aliphatic carbocycles. The van der Waals surface area contributed by atoms with Crippen molar-refractivity contribution < 1.29 is 23.4 Å². The molecule has 2 heterocycles. The fourth-order valence-corrected chi connectivity index (χ4v) is 4.69. The number of benzene rings is 2. The molecule has 4 rings (SSSR count). The third-order valence-electron chi connectivity index (χ3n) is 6.12. The number of methoxy groups -OCH3 is 1. The van der Waals surface area contributed by atoms with Crippen LogP contribution >= 0.6 is 11.6 Å². The standard InChI is InChI=1S/C22H23ClF2N2O3/c1-30-19-4-2-3-16(20(19)23)21(28)26-9-10-27-13-22(29,8-7-15(27)12-26)14-5-6-17(24)18(25)11-14/h2-6,11,15,29H,7-10,12-13H2,1H3/t15-,22-/m1/s1. The zero-order valence-electron chi connectivity index (χ0n) is 16.6. The first kappa shape index (κ1) is 21.0. The Morgan fingerprint density at radius 1 is 1.23 bits per heavy atom. The van der Waals surface area contributed by atoms with Gasteiger partial charge in [-0.05, 0) is 42.7 Å². The molecule has 2 saturated heterocycles. The van der Waals surface area contributed by atoms with Crippen LogP contribution in [0.2, 0.25) is 5.02 Å². The summed E-state index contributed by atoms with van der Waals surface area (Å²) in [7, 11) is 1.50. The highest BCUT2D eigenvalue weighted by Crippen LogP contribution is 2.36. The first-order chi connectivity index (χ1) is 14.3. The van der Waals surface area contributed by atoms with Gasteiger partial charge in [-0.3, -0.25) is 9.69 Å². The van der Waals surface area contributed by atoms with Crippen molar-refractivity contribution in [2.24, 2.45) is 0 Å². The van der Waals surface area contributed by atoms with Gasteiger partial charge >= 0.3 is 0 Å². The van der Waals surface area contributed by atoms with E-state index in [2.05, 4.69) is 4.90 Å². The van der Waals surface area contributed by atoms with Crippen molar-refractivity contribution >= 4 is 17.5 Å². The number of carbonyl (C=O) groups is 1. The van der Waals surface area contributed by atoms with E-state index in [1.165, 1.54) is 13.2 Å². The minimum Gasteiger partial charge on any atom is -0.495 e. The van der Waals surface area contributed by atoms with Gasteiger partial charge in [-0.15, -0.1) is 0 Å². The summed E-state index contributed by atoms with van der Waals surface area (Å²) >= 11 is 6.32. The molecular formula is C22H23ClF2N2O3. The molecule has 1 N–H and O–H groups in total. The van der Waals surface area contributed by atoms with Crippen LogP contribution in [-0.2, 0) is 5.60 Å². The average Bonchev–Trinajstić information content (AvgIpc) is 2.75. The number of amides is 1. The molecule has 0 unspecified atom stereocenters. The maximum absolute atomic E-state index is 13.7. The van der Waals surface area contributed by atoms with Gasteiger partial charge < -0.3 is 14.7 Å². The number of piperazine rings is 1. The largest absolute Gasteiger partial charge is 0.495 e. The minimum absolute atomic E-state index is 0.0812. The summed E-state index contributed by atoms with van der Waals surface area (Å²) in [5.41, 5.74) is -0.465. The lowest BCUT2D eigenvalue weighted by atomic mass is 9.82. The number of aliphatic hydroxyl groups is 1. The molecule has 2 atom stereocenters. The Hall–Kier alpha value is -2.22. The van der Waals surface area contributed by atoms with Crippen molar-refractivity contribution in [2.45, 2.75) is 24.5 Å². The van der Waals surface area contributed by atoms with Crippen LogP contribution in [0.25, 0.3) is 0 Å². The minimum atomic E-state index is -1.24. The number of piperidine rings is 1. The highest BCUT2D eigenvalue weighted by atomic mass is 35.5. The fourth-order valence-electron chi connectivity index (χ4n) is 4.40. The summed E-state index contributed by atoms with van der Waals surface area (Å²) in [5.74, 6) is -1.59. The molecule has 1 amide bonds. The number of ether oxygens (including phenoxy) is 1. The summed E-state index contributed by atoms with van der Waals surface area (Å²) in [4.78, 5) is 16.9. The number of rotatable bonds is 3. The van der Waals surface area contributed by atoms with E-state index < -0.39 is 17.2 Å². The third kappa shape index (κ3) is 3.77. The van der Waals surface area contributed by atoms with Gasteiger partial charge in [0.1, 0.15) is 11.4 Å². The number of halogens is 3. The van der Waals surface area contributed by atoms with E-state index in [9.17, 15) is 18.7 Å². The van der Waals surface area contributed by atoms with E-state index in [0.29, 0.717) is 60.9 Å². The second-order valence-electron chi connectivity index (χ2n) is 7.90. The Bertz CT molecular complexity index is 973. The Morgan fingerprint density at radius 3 is 2.77 bits per heavy atom. The molecule has 5 nitrogen and oxygen atoms in total. The van der Waals surface area contributed by atoms with Crippen LogP contribution in [0.3, 0.4) is 0 Å². The van der Waals surface area contributed by atoms with E-state index in [-0.39, 0.29) is 11.9 Å². The Labute approximate surface area is 178 Å². The van der Waals surface area contributed by atoms with Gasteiger partial charge in [0, 0.05) is 32.2 Å². The normalized spacial score (nSPS) is 24.4. The zero-order valence-corrected chi connectivity index (χ0v) is 17.3. The predicted octanol–water partition coefficient (Wildman–Crippen LogP) is 3.43. The van der Waals surface area contributed by atoms with Crippen LogP contribution in [0.15, 0.2) is 36.4 Å². The van der Waals surface area contributed by atoms with Crippen LogP contribution in [0.4, 0.5) is 8.78 Å². The van der Waals surface area contributed by atoms with Crippen LogP contribution in [0, 0.1) is 11.6 Å². The molecule has 2 aliphatic rings. The van der Waals surface area contributed by atoms with E-state index in [1.54, 1.807) is 23.1 Å². The number of fused-ring (bicyclic) bond motifs is 1. The van der Waals surface area contributed by atoms with Crippen molar-refractivity contribution in [3.05, 3.63) is 64.2 Å². The molecule has 2 aliphatic heterocycles. The van der Waals surface area contributed by atoms with Gasteiger partial charge in [0.05, 0.1) is 17.7 Å². The maximum atomic E-state index is 13.7. The van der Waals surface area contributed by atoms with Gasteiger partial charge in [0.15, 0.2) is 11.6 Å². The molecule has 0 spiro atoms. The highest BCUT2D eigenvalue weighted by molar-refractivity contribution is 6.35. The van der Waals surface area contributed by atoms with Crippen molar-refractivity contribution in [2.75, 3.05) is 33.3 Å². The monoisotopic (exact) mass is 436 g/mol. The maximum Gasteiger partial charge on any atom is 0.255 e. The summed E-state index contributed by atoms with van der Waals surface area (Å²) in [6, 6.07) is 8.75. The quantitative estimate of drug-likeness (QED) is 0.801. The lowest BCUT2D eigenvalue weighted by Crippen LogP contribution is -2.60. The van der Waals surface area contributed by atoms with Gasteiger partial charge in [-0.2, -0.15) is 0 Å². The number of carbonyl (C=O) groups excluding carboxylic acids is 1. The molecule has 2 aromatic carbocycles. The third-order valence-corrected chi connectivity index (χ3v) is 6.51. The van der Waals surface area contributed by atoms with Crippen molar-refractivity contribution in [1.29, 1.82) is 0 Å². The lowest BCUT2D eigenvalue weighted by molar-refractivity contribution is -0.0741. The summed E-state index contributed by atoms with van der Waals surface area (Å²) in [5, 5.41) is 11.4. The zero-order chi connectivity index (χ0) is 21.5. The number of hydrogen-bond donors (Lipinski definition) is 1. The van der Waals surface area contributed by atoms with E-state index in [4.69, 9.17) is 16.3 Å². The Balaban J connectivity index is 1.47. The smallest absolute Gasteiger partial charge is 0.255 e. The molecule has 8 heteroatoms. The van der Waals surface area contributed by atoms with Crippen LogP contribution in [0.5, 0.6) is 5.75 Å². The van der Waals surface area contributed by atoms with Crippen molar-refractivity contribution in [1.82, 2.24) is 9.80 Å². The molecule has 30 heavy (non-hydrogen) atoms. The topological polar surface area (TPSA) is 53.0 Å². The first-order valence-corrected chi connectivity index (χ1v) is 10.2. The molecule has 0 aromatic heterocycles. The summed E-state index contributed by atoms with van der Waals surface area (Å²) in [6.45, 7) is 1.88. The van der Waals surface area contributed by atoms with Gasteiger partial charge in [-0.25, -0.2) is 8.78 Å². The molecule has 0 bridgehead atoms. The molecule has 0 radical (unpaired) electrons. The number of hydrogen-bond acceptors (Lipinski definition) is 4. The van der Waals surface area contributed by atoms with Crippen LogP contribution in [0.1, 0.15) is 28.8 Å². The van der Waals surface area contributed by atoms with E-state index >= 15 is 0 Å². The SMILES string of the molecule is COc1cccc(C(=O)N2CCN3C[C@@](O)(c4ccc(F)c(F)c4)CC[C@@H]3C2)c1Cl. The predicted molar refractivity (Wildman–Crippen MR) is 109 cm³/mol. The Morgan fingerprint density at radius 2 is 2.03 bits per heavy atom. The summed E-state index contributed by atoms with van der Waals surface area (Å²) < 4.78 is 32.1. The Kier molecular flexibility index (Phi) is 5.70. The lowest BCUT2D eigenvalue weighted by Gasteiger charge is -2.49. The van der Waals surface area contributed by atoms with E-state index in [0.717, 1.165) is 12.1 Å². The first-order valence-electron chi connectivity index (χ1n) is 9.86. The summed E-state index contributed by atoms with van der Waals surface area (Å²) in [6.07, 6.45) is 1.03. The van der Waals surface area contributed by atoms with E-state index in [1.807, 2.05) is 0 Å². The second kappa shape index (κ2) is 8.13. The molecular weight excluding hydrogens is 414 g/mol. The molecule has 2 fully saturated rings. The highest BCUT2D eigenvalue weighted by Gasteiger charge is 2.42. The van der Waals surface area contributed by atoms with Crippen molar-refractivity contribution in [3.63, 3.8) is 0 Å². The van der Waals surface area contributed by atoms with Gasteiger partial charge in [0.25, 0.3) is 5.91 Å². The average molecular weight is 437 g/mol. The number of nitrogens with zero attached hydrogens (tertiary/aromatic N) is 2. The fraction of sp³-hybridized carbons (Fsp3) is 0.409. The molecule has 2 aromatic rings. The van der Waals surface area contributed by atoms with Crippen molar-refractivity contribution in [3.8, 4) is 5.75 Å². The van der Waals surface area contributed by atoms with Gasteiger partial charge in [-0.1, -0.05) is 23.7 Å². The van der Waals surface area contributed by atoms with Crippen LogP contribution in [-0.4, -0.2) is 60.1 Å². The van der Waals surface area contributed by atoms with Gasteiger partial charge in [0.2, 0.25) is 0 Å². The van der Waals surface area contributed by atoms with Crippen LogP contribution < -0.4 is 4.74 Å².